The number of nitrogens with one attached hydrogen (secondary N) is 2. The second kappa shape index (κ2) is 11.7. The van der Waals surface area contributed by atoms with Gasteiger partial charge in [-0.15, -0.1) is 0 Å². The maximum absolute atomic E-state index is 12.6. The van der Waals surface area contributed by atoms with Gasteiger partial charge < -0.3 is 20.5 Å². The molecule has 0 aliphatic carbocycles. The lowest BCUT2D eigenvalue weighted by molar-refractivity contribution is -0.142. The lowest BCUT2D eigenvalue weighted by atomic mass is 10.0. The Balaban J connectivity index is 2.04. The van der Waals surface area contributed by atoms with E-state index in [0.717, 1.165) is 11.1 Å². The Morgan fingerprint density at radius 3 is 2.23 bits per heavy atom. The van der Waals surface area contributed by atoms with E-state index < -0.39 is 24.0 Å². The lowest BCUT2D eigenvalue weighted by Crippen LogP contribution is -2.52. The highest BCUT2D eigenvalue weighted by Gasteiger charge is 2.26. The Bertz CT molecular complexity index is 883. The Kier molecular flexibility index (Phi) is 9.06. The molecule has 0 heterocycles. The fourth-order valence-electron chi connectivity index (χ4n) is 3.16. The van der Waals surface area contributed by atoms with Crippen molar-refractivity contribution in [1.82, 2.24) is 10.6 Å². The number of hydrogen-bond acceptors (Lipinski definition) is 4. The first-order valence-corrected chi connectivity index (χ1v) is 10.3. The minimum atomic E-state index is -1.14. The van der Waals surface area contributed by atoms with E-state index in [9.17, 15) is 19.5 Å². The summed E-state index contributed by atoms with van der Waals surface area (Å²) in [7, 11) is 0. The van der Waals surface area contributed by atoms with Crippen LogP contribution in [0.3, 0.4) is 0 Å². The number of rotatable bonds is 11. The van der Waals surface area contributed by atoms with Gasteiger partial charge in [0.05, 0.1) is 0 Å². The topological polar surface area (TPSA) is 105 Å². The summed E-state index contributed by atoms with van der Waals surface area (Å²) in [5.41, 5.74) is 1.75. The summed E-state index contributed by atoms with van der Waals surface area (Å²) in [5.74, 6) is -1.21. The lowest BCUT2D eigenvalue weighted by Gasteiger charge is -2.22. The van der Waals surface area contributed by atoms with E-state index in [-0.39, 0.29) is 18.2 Å². The van der Waals surface area contributed by atoms with Gasteiger partial charge in [-0.1, -0.05) is 56.3 Å². The second-order valence-electron chi connectivity index (χ2n) is 7.91. The summed E-state index contributed by atoms with van der Waals surface area (Å²) < 4.78 is 5.80. The van der Waals surface area contributed by atoms with E-state index in [1.54, 1.807) is 24.3 Å². The number of aliphatic carboxylic acids is 1. The summed E-state index contributed by atoms with van der Waals surface area (Å²) in [4.78, 5) is 35.8. The van der Waals surface area contributed by atoms with Gasteiger partial charge in [0.25, 0.3) is 0 Å². The largest absolute Gasteiger partial charge is 0.489 e. The molecule has 2 rings (SSSR count). The van der Waals surface area contributed by atoms with Crippen molar-refractivity contribution in [3.63, 3.8) is 0 Å². The Morgan fingerprint density at radius 1 is 0.935 bits per heavy atom. The number of benzene rings is 2. The summed E-state index contributed by atoms with van der Waals surface area (Å²) >= 11 is 0. The first kappa shape index (κ1) is 23.9. The molecule has 0 unspecified atom stereocenters. The molecule has 0 spiro atoms. The van der Waals surface area contributed by atoms with Crippen LogP contribution in [0, 0.1) is 5.92 Å². The number of carbonyl (C=O) groups is 3. The van der Waals surface area contributed by atoms with Crippen LogP contribution in [-0.2, 0) is 27.4 Å². The molecule has 166 valence electrons. The van der Waals surface area contributed by atoms with Gasteiger partial charge in [-0.25, -0.2) is 4.79 Å². The molecule has 7 heteroatoms. The van der Waals surface area contributed by atoms with Gasteiger partial charge in [-0.2, -0.15) is 0 Å². The van der Waals surface area contributed by atoms with Gasteiger partial charge in [-0.05, 0) is 35.6 Å². The highest BCUT2D eigenvalue weighted by atomic mass is 16.5. The third-order valence-corrected chi connectivity index (χ3v) is 4.60. The summed E-state index contributed by atoms with van der Waals surface area (Å²) in [6, 6.07) is 15.0. The molecule has 2 aromatic rings. The highest BCUT2D eigenvalue weighted by molar-refractivity contribution is 5.90. The van der Waals surface area contributed by atoms with E-state index in [2.05, 4.69) is 10.6 Å². The van der Waals surface area contributed by atoms with E-state index in [1.807, 2.05) is 44.2 Å². The Hall–Kier alpha value is -3.35. The molecule has 0 saturated heterocycles. The summed E-state index contributed by atoms with van der Waals surface area (Å²) in [6.45, 7) is 5.59. The van der Waals surface area contributed by atoms with Crippen LogP contribution in [0.4, 0.5) is 0 Å². The quantitative estimate of drug-likeness (QED) is 0.512. The van der Waals surface area contributed by atoms with Crippen molar-refractivity contribution < 1.29 is 24.2 Å². The smallest absolute Gasteiger partial charge is 0.326 e. The van der Waals surface area contributed by atoms with Crippen molar-refractivity contribution >= 4 is 17.8 Å². The molecule has 0 saturated carbocycles. The zero-order valence-electron chi connectivity index (χ0n) is 18.1. The van der Waals surface area contributed by atoms with Gasteiger partial charge in [-0.3, -0.25) is 9.59 Å². The minimum Gasteiger partial charge on any atom is -0.489 e. The van der Waals surface area contributed by atoms with E-state index in [4.69, 9.17) is 4.74 Å². The molecule has 2 aromatic carbocycles. The number of carboxylic acid groups (broad SMARTS) is 1. The zero-order chi connectivity index (χ0) is 22.8. The van der Waals surface area contributed by atoms with Gasteiger partial charge in [0, 0.05) is 13.3 Å². The predicted octanol–water partition coefficient (Wildman–Crippen LogP) is 2.93. The van der Waals surface area contributed by atoms with Gasteiger partial charge in [0.1, 0.15) is 24.4 Å². The Labute approximate surface area is 182 Å². The molecule has 31 heavy (non-hydrogen) atoms. The standard InChI is InChI=1S/C24H30N2O5/c1-16(2)12-21(25-17(3)27)23(28)26-22(24(29)30)14-19-10-7-11-20(13-19)31-15-18-8-5-4-6-9-18/h4-11,13,16,21-22H,12,14-15H2,1-3H3,(H,25,27)(H,26,28)(H,29,30)/t21-,22-/m0/s1. The van der Waals surface area contributed by atoms with E-state index in [0.29, 0.717) is 18.8 Å². The molecule has 2 atom stereocenters. The van der Waals surface area contributed by atoms with Gasteiger partial charge in [0.2, 0.25) is 11.8 Å². The molecule has 2 amide bonds. The normalized spacial score (nSPS) is 12.6. The number of carbonyl (C=O) groups excluding carboxylic acids is 2. The molecule has 3 N–H and O–H groups in total. The second-order valence-corrected chi connectivity index (χ2v) is 7.91. The van der Waals surface area contributed by atoms with Gasteiger partial charge in [0.15, 0.2) is 0 Å². The molecule has 0 bridgehead atoms. The van der Waals surface area contributed by atoms with Crippen LogP contribution in [0.25, 0.3) is 0 Å². The van der Waals surface area contributed by atoms with Crippen LogP contribution in [0.5, 0.6) is 5.75 Å². The monoisotopic (exact) mass is 426 g/mol. The fraction of sp³-hybridized carbons (Fsp3) is 0.375. The average molecular weight is 427 g/mol. The molecular formula is C24H30N2O5. The third kappa shape index (κ3) is 8.50. The first-order chi connectivity index (χ1) is 14.7. The fourth-order valence-corrected chi connectivity index (χ4v) is 3.16. The van der Waals surface area contributed by atoms with Crippen LogP contribution in [0.1, 0.15) is 38.3 Å². The summed E-state index contributed by atoms with van der Waals surface area (Å²) in [6.07, 6.45) is 0.513. The number of hydrogen-bond donors (Lipinski definition) is 3. The molecule has 7 nitrogen and oxygen atoms in total. The van der Waals surface area contributed by atoms with Gasteiger partial charge >= 0.3 is 5.97 Å². The average Bonchev–Trinajstić information content (AvgIpc) is 2.71. The predicted molar refractivity (Wildman–Crippen MR) is 118 cm³/mol. The molecule has 0 aromatic heterocycles. The molecule has 0 aliphatic heterocycles. The molecular weight excluding hydrogens is 396 g/mol. The van der Waals surface area contributed by atoms with Crippen LogP contribution >= 0.6 is 0 Å². The van der Waals surface area contributed by atoms with Crippen LogP contribution in [-0.4, -0.2) is 35.0 Å². The number of carboxylic acids is 1. The van der Waals surface area contributed by atoms with Crippen molar-refractivity contribution in [3.8, 4) is 5.75 Å². The van der Waals surface area contributed by atoms with Crippen LogP contribution in [0.2, 0.25) is 0 Å². The molecule has 0 fully saturated rings. The minimum absolute atomic E-state index is 0.0953. The molecule has 0 aliphatic rings. The Morgan fingerprint density at radius 2 is 1.61 bits per heavy atom. The van der Waals surface area contributed by atoms with Crippen molar-refractivity contribution in [1.29, 1.82) is 0 Å². The number of ether oxygens (including phenoxy) is 1. The van der Waals surface area contributed by atoms with Crippen molar-refractivity contribution in [2.45, 2.75) is 52.3 Å². The molecule has 0 radical (unpaired) electrons. The highest BCUT2D eigenvalue weighted by Crippen LogP contribution is 2.17. The number of amides is 2. The van der Waals surface area contributed by atoms with Crippen molar-refractivity contribution in [3.05, 3.63) is 65.7 Å². The third-order valence-electron chi connectivity index (χ3n) is 4.60. The zero-order valence-corrected chi connectivity index (χ0v) is 18.1. The van der Waals surface area contributed by atoms with Crippen LogP contribution < -0.4 is 15.4 Å². The van der Waals surface area contributed by atoms with Crippen molar-refractivity contribution in [2.24, 2.45) is 5.92 Å². The van der Waals surface area contributed by atoms with E-state index >= 15 is 0 Å². The van der Waals surface area contributed by atoms with Crippen LogP contribution in [0.15, 0.2) is 54.6 Å². The summed E-state index contributed by atoms with van der Waals surface area (Å²) in [5, 5.41) is 14.8. The SMILES string of the molecule is CC(=O)N[C@@H](CC(C)C)C(=O)N[C@@H](Cc1cccc(OCc2ccccc2)c1)C(=O)O. The van der Waals surface area contributed by atoms with Crippen molar-refractivity contribution in [2.75, 3.05) is 0 Å². The van der Waals surface area contributed by atoms with E-state index in [1.165, 1.54) is 6.92 Å². The maximum atomic E-state index is 12.6. The first-order valence-electron chi connectivity index (χ1n) is 10.3. The maximum Gasteiger partial charge on any atom is 0.326 e.